The summed E-state index contributed by atoms with van der Waals surface area (Å²) in [4.78, 5) is 23.7. The SMILES string of the molecule is CCCNC(=O)C1CC(=O)c2ccccc2C1. The van der Waals surface area contributed by atoms with Gasteiger partial charge in [-0.2, -0.15) is 0 Å². The number of fused-ring (bicyclic) bond motifs is 1. The second-order valence-corrected chi connectivity index (χ2v) is 4.48. The van der Waals surface area contributed by atoms with Gasteiger partial charge in [0.05, 0.1) is 0 Å². The molecule has 1 unspecified atom stereocenters. The van der Waals surface area contributed by atoms with Crippen molar-refractivity contribution in [1.29, 1.82) is 0 Å². The summed E-state index contributed by atoms with van der Waals surface area (Å²) in [5, 5.41) is 2.86. The lowest BCUT2D eigenvalue weighted by molar-refractivity contribution is -0.125. The summed E-state index contributed by atoms with van der Waals surface area (Å²) in [7, 11) is 0. The number of carbonyl (C=O) groups excluding carboxylic acids is 2. The van der Waals surface area contributed by atoms with E-state index in [-0.39, 0.29) is 17.6 Å². The van der Waals surface area contributed by atoms with Gasteiger partial charge in [-0.05, 0) is 18.4 Å². The van der Waals surface area contributed by atoms with Gasteiger partial charge in [0, 0.05) is 24.4 Å². The zero-order chi connectivity index (χ0) is 12.3. The Hall–Kier alpha value is -1.64. The fourth-order valence-corrected chi connectivity index (χ4v) is 2.22. The number of benzene rings is 1. The summed E-state index contributed by atoms with van der Waals surface area (Å²) in [6.07, 6.45) is 1.94. The van der Waals surface area contributed by atoms with Crippen LogP contribution in [-0.2, 0) is 11.2 Å². The second-order valence-electron chi connectivity index (χ2n) is 4.48. The first-order chi connectivity index (χ1) is 8.22. The minimum absolute atomic E-state index is 0.00898. The number of hydrogen-bond donors (Lipinski definition) is 1. The molecule has 0 fully saturated rings. The Bertz CT molecular complexity index is 440. The average molecular weight is 231 g/mol. The molecule has 0 spiro atoms. The molecule has 0 saturated heterocycles. The monoisotopic (exact) mass is 231 g/mol. The molecule has 1 aromatic rings. The van der Waals surface area contributed by atoms with Crippen molar-refractivity contribution < 1.29 is 9.59 Å². The molecule has 0 bridgehead atoms. The van der Waals surface area contributed by atoms with E-state index in [1.165, 1.54) is 0 Å². The summed E-state index contributed by atoms with van der Waals surface area (Å²) in [5.41, 5.74) is 1.78. The fraction of sp³-hybridized carbons (Fsp3) is 0.429. The Kier molecular flexibility index (Phi) is 3.57. The highest BCUT2D eigenvalue weighted by Crippen LogP contribution is 2.25. The van der Waals surface area contributed by atoms with E-state index < -0.39 is 0 Å². The Morgan fingerprint density at radius 1 is 1.35 bits per heavy atom. The molecule has 1 amide bonds. The van der Waals surface area contributed by atoms with E-state index in [9.17, 15) is 9.59 Å². The van der Waals surface area contributed by atoms with Gasteiger partial charge in [0.1, 0.15) is 0 Å². The molecule has 3 heteroatoms. The van der Waals surface area contributed by atoms with Gasteiger partial charge in [0.25, 0.3) is 0 Å². The standard InChI is InChI=1S/C14H17NO2/c1-2-7-15-14(17)11-8-10-5-3-4-6-12(10)13(16)9-11/h3-6,11H,2,7-9H2,1H3,(H,15,17). The molecule has 0 aliphatic heterocycles. The highest BCUT2D eigenvalue weighted by atomic mass is 16.2. The molecule has 0 radical (unpaired) electrons. The maximum Gasteiger partial charge on any atom is 0.223 e. The van der Waals surface area contributed by atoms with Crippen LogP contribution in [0.25, 0.3) is 0 Å². The van der Waals surface area contributed by atoms with Gasteiger partial charge in [-0.15, -0.1) is 0 Å². The van der Waals surface area contributed by atoms with Crippen LogP contribution in [0.5, 0.6) is 0 Å². The maximum atomic E-state index is 11.9. The van der Waals surface area contributed by atoms with Gasteiger partial charge in [-0.1, -0.05) is 31.2 Å². The fourth-order valence-electron chi connectivity index (χ4n) is 2.22. The van der Waals surface area contributed by atoms with E-state index >= 15 is 0 Å². The maximum absolute atomic E-state index is 11.9. The largest absolute Gasteiger partial charge is 0.356 e. The molecule has 0 heterocycles. The second kappa shape index (κ2) is 5.13. The Labute approximate surface area is 101 Å². The highest BCUT2D eigenvalue weighted by molar-refractivity contribution is 6.01. The Morgan fingerprint density at radius 2 is 2.12 bits per heavy atom. The average Bonchev–Trinajstić information content (AvgIpc) is 2.36. The molecule has 0 saturated carbocycles. The van der Waals surface area contributed by atoms with Crippen molar-refractivity contribution in [3.8, 4) is 0 Å². The predicted molar refractivity (Wildman–Crippen MR) is 65.9 cm³/mol. The third kappa shape index (κ3) is 2.54. The van der Waals surface area contributed by atoms with Crippen molar-refractivity contribution in [3.63, 3.8) is 0 Å². The van der Waals surface area contributed by atoms with Gasteiger partial charge in [0.15, 0.2) is 5.78 Å². The molecule has 1 aliphatic carbocycles. The molecule has 1 aromatic carbocycles. The van der Waals surface area contributed by atoms with Crippen LogP contribution in [0.1, 0.15) is 35.7 Å². The van der Waals surface area contributed by atoms with Crippen LogP contribution < -0.4 is 5.32 Å². The van der Waals surface area contributed by atoms with Gasteiger partial charge in [-0.3, -0.25) is 9.59 Å². The number of nitrogens with one attached hydrogen (secondary N) is 1. The minimum Gasteiger partial charge on any atom is -0.356 e. The van der Waals surface area contributed by atoms with E-state index in [1.807, 2.05) is 31.2 Å². The zero-order valence-electron chi connectivity index (χ0n) is 10.0. The van der Waals surface area contributed by atoms with Gasteiger partial charge in [0.2, 0.25) is 5.91 Å². The first kappa shape index (κ1) is 11.8. The molecule has 1 aliphatic rings. The van der Waals surface area contributed by atoms with E-state index in [0.29, 0.717) is 19.4 Å². The van der Waals surface area contributed by atoms with Crippen LogP contribution in [0, 0.1) is 5.92 Å². The molecule has 0 aromatic heterocycles. The molecule has 3 nitrogen and oxygen atoms in total. The van der Waals surface area contributed by atoms with Crippen LogP contribution in [-0.4, -0.2) is 18.2 Å². The Morgan fingerprint density at radius 3 is 2.88 bits per heavy atom. The van der Waals surface area contributed by atoms with Gasteiger partial charge < -0.3 is 5.32 Å². The first-order valence-corrected chi connectivity index (χ1v) is 6.11. The molecule has 1 N–H and O–H groups in total. The smallest absolute Gasteiger partial charge is 0.223 e. The normalized spacial score (nSPS) is 18.6. The summed E-state index contributed by atoms with van der Waals surface area (Å²) >= 11 is 0. The van der Waals surface area contributed by atoms with Gasteiger partial charge in [-0.25, -0.2) is 0 Å². The molecular weight excluding hydrogens is 214 g/mol. The lowest BCUT2D eigenvalue weighted by atomic mass is 9.82. The van der Waals surface area contributed by atoms with E-state index in [2.05, 4.69) is 5.32 Å². The van der Waals surface area contributed by atoms with Crippen LogP contribution in [0.15, 0.2) is 24.3 Å². The third-order valence-corrected chi connectivity index (χ3v) is 3.14. The van der Waals surface area contributed by atoms with Crippen LogP contribution in [0.4, 0.5) is 0 Å². The summed E-state index contributed by atoms with van der Waals surface area (Å²) in [6, 6.07) is 7.57. The topological polar surface area (TPSA) is 46.2 Å². The molecule has 1 atom stereocenters. The van der Waals surface area contributed by atoms with Crippen molar-refractivity contribution >= 4 is 11.7 Å². The molecular formula is C14H17NO2. The Balaban J connectivity index is 2.11. The highest BCUT2D eigenvalue weighted by Gasteiger charge is 2.29. The van der Waals surface area contributed by atoms with Crippen molar-refractivity contribution in [2.75, 3.05) is 6.54 Å². The number of amides is 1. The van der Waals surface area contributed by atoms with Gasteiger partial charge >= 0.3 is 0 Å². The quantitative estimate of drug-likeness (QED) is 0.864. The lowest BCUT2D eigenvalue weighted by Crippen LogP contribution is -2.36. The third-order valence-electron chi connectivity index (χ3n) is 3.14. The minimum atomic E-state index is -0.191. The number of ketones is 1. The van der Waals surface area contributed by atoms with Crippen molar-refractivity contribution in [2.45, 2.75) is 26.2 Å². The zero-order valence-corrected chi connectivity index (χ0v) is 10.0. The number of hydrogen-bond acceptors (Lipinski definition) is 2. The first-order valence-electron chi connectivity index (χ1n) is 6.11. The lowest BCUT2D eigenvalue weighted by Gasteiger charge is -2.22. The molecule has 90 valence electrons. The van der Waals surface area contributed by atoms with Crippen molar-refractivity contribution in [1.82, 2.24) is 5.32 Å². The van der Waals surface area contributed by atoms with E-state index in [4.69, 9.17) is 0 Å². The van der Waals surface area contributed by atoms with Crippen LogP contribution in [0.3, 0.4) is 0 Å². The summed E-state index contributed by atoms with van der Waals surface area (Å²) < 4.78 is 0. The van der Waals surface area contributed by atoms with Crippen LogP contribution >= 0.6 is 0 Å². The predicted octanol–water partition coefficient (Wildman–Crippen LogP) is 1.96. The number of rotatable bonds is 3. The van der Waals surface area contributed by atoms with Crippen LogP contribution in [0.2, 0.25) is 0 Å². The number of carbonyl (C=O) groups is 2. The molecule has 2 rings (SSSR count). The number of Topliss-reactive ketones (excluding diaryl/α,β-unsaturated/α-hetero) is 1. The summed E-state index contributed by atoms with van der Waals surface area (Å²) in [5.74, 6) is -0.0952. The van der Waals surface area contributed by atoms with Crippen molar-refractivity contribution in [2.24, 2.45) is 5.92 Å². The van der Waals surface area contributed by atoms with E-state index in [0.717, 1.165) is 17.5 Å². The van der Waals surface area contributed by atoms with Crippen molar-refractivity contribution in [3.05, 3.63) is 35.4 Å². The summed E-state index contributed by atoms with van der Waals surface area (Å²) in [6.45, 7) is 2.70. The molecule has 17 heavy (non-hydrogen) atoms. The van der Waals surface area contributed by atoms with E-state index in [1.54, 1.807) is 0 Å².